The van der Waals surface area contributed by atoms with Gasteiger partial charge in [0.15, 0.2) is 5.82 Å². The lowest BCUT2D eigenvalue weighted by atomic mass is 10.2. The van der Waals surface area contributed by atoms with Gasteiger partial charge in [0.05, 0.1) is 11.2 Å². The summed E-state index contributed by atoms with van der Waals surface area (Å²) >= 11 is 1.37. The fourth-order valence-electron chi connectivity index (χ4n) is 1.56. The molecule has 0 aliphatic rings. The van der Waals surface area contributed by atoms with Gasteiger partial charge >= 0.3 is 0 Å². The van der Waals surface area contributed by atoms with E-state index in [-0.39, 0.29) is 5.78 Å². The Morgan fingerprint density at radius 2 is 2.31 bits per heavy atom. The number of rotatable bonds is 4. The van der Waals surface area contributed by atoms with Gasteiger partial charge in [0.1, 0.15) is 4.88 Å². The van der Waals surface area contributed by atoms with E-state index in [0.29, 0.717) is 10.7 Å². The molecule has 16 heavy (non-hydrogen) atoms. The molecular formula is C11H13N3OS. The van der Waals surface area contributed by atoms with Gasteiger partial charge in [-0.05, 0) is 13.3 Å². The molecule has 0 atom stereocenters. The number of hydrogen-bond donors (Lipinski definition) is 0. The summed E-state index contributed by atoms with van der Waals surface area (Å²) in [7, 11) is 0. The van der Waals surface area contributed by atoms with Crippen LogP contribution in [0.25, 0.3) is 0 Å². The van der Waals surface area contributed by atoms with Crippen molar-refractivity contribution in [1.82, 2.24) is 14.5 Å². The summed E-state index contributed by atoms with van der Waals surface area (Å²) in [6, 6.07) is 0. The zero-order valence-corrected chi connectivity index (χ0v) is 10.1. The minimum absolute atomic E-state index is 0.0292. The highest BCUT2D eigenvalue weighted by molar-refractivity contribution is 7.12. The number of carbonyl (C=O) groups excluding carboxylic acids is 1. The van der Waals surface area contributed by atoms with Crippen molar-refractivity contribution in [2.45, 2.75) is 26.8 Å². The van der Waals surface area contributed by atoms with Gasteiger partial charge in [0.2, 0.25) is 5.78 Å². The lowest BCUT2D eigenvalue weighted by Gasteiger charge is -2.04. The van der Waals surface area contributed by atoms with Crippen LogP contribution in [0.2, 0.25) is 0 Å². The van der Waals surface area contributed by atoms with E-state index < -0.39 is 0 Å². The summed E-state index contributed by atoms with van der Waals surface area (Å²) in [6.07, 6.45) is 4.49. The first-order valence-electron chi connectivity index (χ1n) is 5.20. The summed E-state index contributed by atoms with van der Waals surface area (Å²) < 4.78 is 1.89. The van der Waals surface area contributed by atoms with Crippen molar-refractivity contribution < 1.29 is 4.79 Å². The van der Waals surface area contributed by atoms with Gasteiger partial charge in [-0.3, -0.25) is 4.79 Å². The number of imidazole rings is 1. The molecule has 0 aliphatic heterocycles. The quantitative estimate of drug-likeness (QED) is 0.764. The summed E-state index contributed by atoms with van der Waals surface area (Å²) in [5.74, 6) is 0.479. The number of ketones is 1. The number of thiazole rings is 1. The summed E-state index contributed by atoms with van der Waals surface area (Å²) in [6.45, 7) is 4.74. The number of aromatic nitrogens is 3. The van der Waals surface area contributed by atoms with Gasteiger partial charge in [0, 0.05) is 18.9 Å². The third-order valence-electron chi connectivity index (χ3n) is 2.33. The number of aryl methyl sites for hydroxylation is 2. The average Bonchev–Trinajstić information content (AvgIpc) is 2.87. The predicted molar refractivity (Wildman–Crippen MR) is 62.8 cm³/mol. The third-order valence-corrected chi connectivity index (χ3v) is 3.26. The maximum absolute atomic E-state index is 12.2. The van der Waals surface area contributed by atoms with Crippen molar-refractivity contribution >= 4 is 17.1 Å². The van der Waals surface area contributed by atoms with E-state index >= 15 is 0 Å². The van der Waals surface area contributed by atoms with Crippen LogP contribution in [-0.2, 0) is 6.54 Å². The molecule has 0 bridgehead atoms. The van der Waals surface area contributed by atoms with Crippen LogP contribution >= 0.6 is 11.3 Å². The van der Waals surface area contributed by atoms with Crippen LogP contribution in [0.5, 0.6) is 0 Å². The second kappa shape index (κ2) is 4.57. The molecule has 0 amide bonds. The standard InChI is InChI=1S/C11H13N3OS/c1-3-5-14-6-4-12-11(14)9(15)10-8(2)13-7-16-10/h4,6-7H,3,5H2,1-2H3. The van der Waals surface area contributed by atoms with Crippen LogP contribution in [0, 0.1) is 6.92 Å². The molecule has 0 saturated heterocycles. The molecule has 2 aromatic rings. The summed E-state index contributed by atoms with van der Waals surface area (Å²) in [5.41, 5.74) is 2.47. The molecule has 4 nitrogen and oxygen atoms in total. The SMILES string of the molecule is CCCn1ccnc1C(=O)c1scnc1C. The minimum atomic E-state index is -0.0292. The summed E-state index contributed by atoms with van der Waals surface area (Å²) in [5, 5.41) is 0. The molecule has 0 radical (unpaired) electrons. The van der Waals surface area contributed by atoms with Gasteiger partial charge < -0.3 is 4.57 Å². The van der Waals surface area contributed by atoms with Crippen LogP contribution < -0.4 is 0 Å². The van der Waals surface area contributed by atoms with Gasteiger partial charge in [-0.1, -0.05) is 6.92 Å². The van der Waals surface area contributed by atoms with Crippen molar-refractivity contribution in [1.29, 1.82) is 0 Å². The lowest BCUT2D eigenvalue weighted by molar-refractivity contribution is 0.102. The van der Waals surface area contributed by atoms with E-state index in [1.807, 2.05) is 17.7 Å². The number of nitrogens with zero attached hydrogens (tertiary/aromatic N) is 3. The number of carbonyl (C=O) groups is 1. The zero-order valence-electron chi connectivity index (χ0n) is 9.30. The van der Waals surface area contributed by atoms with E-state index in [1.54, 1.807) is 11.7 Å². The molecule has 2 rings (SSSR count). The van der Waals surface area contributed by atoms with E-state index in [0.717, 1.165) is 18.7 Å². The highest BCUT2D eigenvalue weighted by Crippen LogP contribution is 2.16. The van der Waals surface area contributed by atoms with Crippen LogP contribution in [-0.4, -0.2) is 20.3 Å². The molecule has 0 saturated carbocycles. The molecule has 0 fully saturated rings. The first-order valence-corrected chi connectivity index (χ1v) is 6.08. The lowest BCUT2D eigenvalue weighted by Crippen LogP contribution is -2.11. The van der Waals surface area contributed by atoms with Crippen LogP contribution in [0.15, 0.2) is 17.9 Å². The number of hydrogen-bond acceptors (Lipinski definition) is 4. The van der Waals surface area contributed by atoms with Gasteiger partial charge in [-0.2, -0.15) is 0 Å². The smallest absolute Gasteiger partial charge is 0.240 e. The van der Waals surface area contributed by atoms with Crippen molar-refractivity contribution in [2.75, 3.05) is 0 Å². The molecule has 5 heteroatoms. The third kappa shape index (κ3) is 1.90. The Bertz CT molecular complexity index is 501. The first kappa shape index (κ1) is 11.0. The Morgan fingerprint density at radius 1 is 1.50 bits per heavy atom. The van der Waals surface area contributed by atoms with E-state index in [1.165, 1.54) is 11.3 Å². The van der Waals surface area contributed by atoms with Crippen molar-refractivity contribution in [2.24, 2.45) is 0 Å². The zero-order chi connectivity index (χ0) is 11.5. The van der Waals surface area contributed by atoms with E-state index in [4.69, 9.17) is 0 Å². The van der Waals surface area contributed by atoms with Gasteiger partial charge in [-0.15, -0.1) is 11.3 Å². The van der Waals surface area contributed by atoms with Gasteiger partial charge in [0.25, 0.3) is 0 Å². The second-order valence-corrected chi connectivity index (χ2v) is 4.40. The maximum atomic E-state index is 12.2. The predicted octanol–water partition coefficient (Wildman–Crippen LogP) is 2.29. The molecular weight excluding hydrogens is 222 g/mol. The highest BCUT2D eigenvalue weighted by Gasteiger charge is 2.18. The molecule has 0 N–H and O–H groups in total. The monoisotopic (exact) mass is 235 g/mol. The van der Waals surface area contributed by atoms with Crippen LogP contribution in [0.3, 0.4) is 0 Å². The van der Waals surface area contributed by atoms with E-state index in [2.05, 4.69) is 16.9 Å². The highest BCUT2D eigenvalue weighted by atomic mass is 32.1. The molecule has 2 heterocycles. The van der Waals surface area contributed by atoms with Crippen molar-refractivity contribution in [3.8, 4) is 0 Å². The molecule has 0 unspecified atom stereocenters. The van der Waals surface area contributed by atoms with Crippen LogP contribution in [0.1, 0.15) is 34.5 Å². The minimum Gasteiger partial charge on any atom is -0.328 e. The van der Waals surface area contributed by atoms with Crippen molar-refractivity contribution in [3.63, 3.8) is 0 Å². The molecule has 0 aromatic carbocycles. The molecule has 84 valence electrons. The Labute approximate surface area is 98.0 Å². The first-order chi connectivity index (χ1) is 7.74. The van der Waals surface area contributed by atoms with Crippen molar-refractivity contribution in [3.05, 3.63) is 34.3 Å². The average molecular weight is 235 g/mol. The maximum Gasteiger partial charge on any atom is 0.240 e. The Balaban J connectivity index is 2.34. The molecule has 0 aliphatic carbocycles. The normalized spacial score (nSPS) is 10.6. The largest absolute Gasteiger partial charge is 0.328 e. The Hall–Kier alpha value is -1.49. The summed E-state index contributed by atoms with van der Waals surface area (Å²) in [4.78, 5) is 21.1. The fraction of sp³-hybridized carbons (Fsp3) is 0.364. The topological polar surface area (TPSA) is 47.8 Å². The Morgan fingerprint density at radius 3 is 2.94 bits per heavy atom. The Kier molecular flexibility index (Phi) is 3.14. The van der Waals surface area contributed by atoms with Gasteiger partial charge in [-0.25, -0.2) is 9.97 Å². The molecule has 2 aromatic heterocycles. The fourth-order valence-corrected chi connectivity index (χ4v) is 2.30. The van der Waals surface area contributed by atoms with Crippen LogP contribution in [0.4, 0.5) is 0 Å². The van der Waals surface area contributed by atoms with E-state index in [9.17, 15) is 4.79 Å². The second-order valence-electron chi connectivity index (χ2n) is 3.54. The molecule has 0 spiro atoms.